The number of amides is 1. The number of aromatic nitrogens is 1. The fourth-order valence-corrected chi connectivity index (χ4v) is 5.39. The van der Waals surface area contributed by atoms with Crippen LogP contribution in [0.1, 0.15) is 64.9 Å². The average molecular weight is 524 g/mol. The van der Waals surface area contributed by atoms with Gasteiger partial charge in [0, 0.05) is 24.6 Å². The lowest BCUT2D eigenvalue weighted by molar-refractivity contribution is -0.153. The number of allylic oxidation sites excluding steroid dienone is 1. The summed E-state index contributed by atoms with van der Waals surface area (Å²) in [6.07, 6.45) is 10.5. The number of nitrogens with zero attached hydrogens (tertiary/aromatic N) is 2. The number of likely N-dealkylation sites (tertiary alicyclic amines) is 1. The van der Waals surface area contributed by atoms with Gasteiger partial charge in [-0.05, 0) is 60.6 Å². The van der Waals surface area contributed by atoms with Gasteiger partial charge in [0.1, 0.15) is 12.1 Å². The van der Waals surface area contributed by atoms with Crippen molar-refractivity contribution in [2.24, 2.45) is 17.1 Å². The first-order valence-electron chi connectivity index (χ1n) is 13.8. The predicted molar refractivity (Wildman–Crippen MR) is 147 cm³/mol. The number of carbonyl (C=O) groups excluding carboxylic acids is 2. The van der Waals surface area contributed by atoms with Crippen LogP contribution in [-0.4, -0.2) is 64.8 Å². The smallest absolute Gasteiger partial charge is 0.328 e. The van der Waals surface area contributed by atoms with Gasteiger partial charge in [-0.25, -0.2) is 9.78 Å². The van der Waals surface area contributed by atoms with Crippen LogP contribution in [0.3, 0.4) is 0 Å². The molecule has 38 heavy (non-hydrogen) atoms. The Morgan fingerprint density at radius 2 is 2.03 bits per heavy atom. The van der Waals surface area contributed by atoms with Crippen molar-refractivity contribution in [3.63, 3.8) is 0 Å². The van der Waals surface area contributed by atoms with Crippen LogP contribution in [0.2, 0.25) is 0 Å². The third-order valence-electron chi connectivity index (χ3n) is 7.74. The number of nitrogens with two attached hydrogens (primary N) is 1. The number of carbonyl (C=O) groups is 2. The van der Waals surface area contributed by atoms with Crippen molar-refractivity contribution >= 4 is 28.7 Å². The van der Waals surface area contributed by atoms with Crippen LogP contribution in [-0.2, 0) is 14.3 Å². The van der Waals surface area contributed by atoms with Gasteiger partial charge in [-0.1, -0.05) is 51.0 Å². The molecule has 1 saturated carbocycles. The molecule has 2 aliphatic rings. The number of ether oxygens (including phenoxy) is 2. The fourth-order valence-electron chi connectivity index (χ4n) is 5.39. The molecular weight excluding hydrogens is 482 g/mol. The first-order chi connectivity index (χ1) is 18.2. The zero-order valence-electron chi connectivity index (χ0n) is 22.8. The van der Waals surface area contributed by atoms with Gasteiger partial charge >= 0.3 is 5.97 Å². The molecule has 0 radical (unpaired) electrons. The van der Waals surface area contributed by atoms with E-state index in [2.05, 4.69) is 11.1 Å². The van der Waals surface area contributed by atoms with Crippen LogP contribution in [0.5, 0.6) is 5.88 Å². The van der Waals surface area contributed by atoms with Gasteiger partial charge in [-0.15, -0.1) is 0 Å². The van der Waals surface area contributed by atoms with Crippen molar-refractivity contribution < 1.29 is 24.2 Å². The highest BCUT2D eigenvalue weighted by Gasteiger charge is 2.44. The fraction of sp³-hybridized carbons (Fsp3) is 0.567. The number of hydrogen-bond acceptors (Lipinski definition) is 7. The maximum Gasteiger partial charge on any atom is 0.328 e. The summed E-state index contributed by atoms with van der Waals surface area (Å²) in [5.74, 6) is -0.00486. The first-order valence-corrected chi connectivity index (χ1v) is 13.8. The topological polar surface area (TPSA) is 115 Å². The molecule has 8 heteroatoms. The Bertz CT molecular complexity index is 1160. The monoisotopic (exact) mass is 523 g/mol. The van der Waals surface area contributed by atoms with E-state index in [1.807, 2.05) is 44.2 Å². The Kier molecular flexibility index (Phi) is 9.05. The van der Waals surface area contributed by atoms with E-state index in [1.54, 1.807) is 18.0 Å². The van der Waals surface area contributed by atoms with Crippen LogP contribution in [0.15, 0.2) is 36.5 Å². The molecule has 206 valence electrons. The van der Waals surface area contributed by atoms with E-state index in [0.29, 0.717) is 12.3 Å². The van der Waals surface area contributed by atoms with Gasteiger partial charge in [0.2, 0.25) is 11.8 Å². The molecule has 2 heterocycles. The molecule has 2 aromatic rings. The van der Waals surface area contributed by atoms with Crippen LogP contribution in [0, 0.1) is 11.3 Å². The molecule has 4 rings (SSSR count). The molecular formula is C30H41N3O5. The second kappa shape index (κ2) is 12.3. The quantitative estimate of drug-likeness (QED) is 0.451. The third-order valence-corrected chi connectivity index (χ3v) is 7.74. The second-order valence-corrected chi connectivity index (χ2v) is 11.3. The van der Waals surface area contributed by atoms with Crippen LogP contribution in [0.25, 0.3) is 16.8 Å². The van der Waals surface area contributed by atoms with Crippen LogP contribution < -0.4 is 10.5 Å². The number of rotatable bonds is 10. The van der Waals surface area contributed by atoms with Crippen LogP contribution >= 0.6 is 0 Å². The summed E-state index contributed by atoms with van der Waals surface area (Å²) in [5, 5.41) is 11.3. The van der Waals surface area contributed by atoms with Gasteiger partial charge in [0.05, 0.1) is 19.2 Å². The summed E-state index contributed by atoms with van der Waals surface area (Å²) in [6.45, 7) is 6.43. The van der Waals surface area contributed by atoms with Gasteiger partial charge < -0.3 is 25.2 Å². The molecule has 1 aromatic carbocycles. The summed E-state index contributed by atoms with van der Waals surface area (Å²) in [5.41, 5.74) is 7.21. The van der Waals surface area contributed by atoms with E-state index in [4.69, 9.17) is 15.2 Å². The zero-order valence-corrected chi connectivity index (χ0v) is 22.8. The van der Waals surface area contributed by atoms with Gasteiger partial charge in [0.25, 0.3) is 0 Å². The van der Waals surface area contributed by atoms with Gasteiger partial charge in [-0.2, -0.15) is 0 Å². The largest absolute Gasteiger partial charge is 0.472 e. The maximum absolute atomic E-state index is 13.4. The molecule has 1 aliphatic carbocycles. The molecule has 1 saturated heterocycles. The van der Waals surface area contributed by atoms with E-state index in [-0.39, 0.29) is 37.0 Å². The summed E-state index contributed by atoms with van der Waals surface area (Å²) < 4.78 is 11.7. The van der Waals surface area contributed by atoms with E-state index in [9.17, 15) is 14.7 Å². The third kappa shape index (κ3) is 6.53. The maximum atomic E-state index is 13.4. The normalized spacial score (nSPS) is 21.3. The van der Waals surface area contributed by atoms with Crippen molar-refractivity contribution in [2.75, 3.05) is 19.8 Å². The Morgan fingerprint density at radius 3 is 2.74 bits per heavy atom. The van der Waals surface area contributed by atoms with Gasteiger partial charge in [-0.3, -0.25) is 4.79 Å². The highest BCUT2D eigenvalue weighted by molar-refractivity contribution is 5.89. The number of pyridine rings is 1. The molecule has 3 N–H and O–H groups in total. The lowest BCUT2D eigenvalue weighted by atomic mass is 9.90. The number of fused-ring (bicyclic) bond motifs is 1. The molecule has 1 aromatic heterocycles. The molecule has 0 unspecified atom stereocenters. The van der Waals surface area contributed by atoms with Gasteiger partial charge in [0.15, 0.2) is 0 Å². The molecule has 0 bridgehead atoms. The number of aliphatic hydroxyl groups excluding tert-OH is 1. The average Bonchev–Trinajstić information content (AvgIpc) is 3.59. The Labute approximate surface area is 225 Å². The van der Waals surface area contributed by atoms with E-state index in [1.165, 1.54) is 0 Å². The number of esters is 1. The molecule has 8 nitrogen and oxygen atoms in total. The molecule has 0 spiro atoms. The first kappa shape index (κ1) is 28.0. The molecule has 1 amide bonds. The standard InChI is InChI=1S/C30H41N3O5/c1-4-37-29(36)25-17-23(18-33(25)28(35)26(31)22-9-5-6-10-22)38-27-24-16-20(8-7-14-30(2,3)19-34)11-12-21(24)13-15-32-27/h7-8,11-13,15-16,22-23,25-26,34H,4-6,9-10,14,17-19,31H2,1-3H3/b8-7+/t23-,25+,26+/m1/s1. The number of aliphatic hydroxyl groups is 1. The minimum Gasteiger partial charge on any atom is -0.472 e. The minimum atomic E-state index is -0.719. The SMILES string of the molecule is CCOC(=O)[C@@H]1C[C@@H](Oc2nccc3ccc(/C=C/CC(C)(C)CO)cc23)CN1C(=O)[C@@H](N)C1CCCC1. The lowest BCUT2D eigenvalue weighted by Crippen LogP contribution is -2.51. The van der Waals surface area contributed by atoms with E-state index >= 15 is 0 Å². The summed E-state index contributed by atoms with van der Waals surface area (Å²) >= 11 is 0. The molecule has 3 atom stereocenters. The Morgan fingerprint density at radius 1 is 1.26 bits per heavy atom. The molecule has 2 fully saturated rings. The molecule has 1 aliphatic heterocycles. The predicted octanol–water partition coefficient (Wildman–Crippen LogP) is 4.09. The van der Waals surface area contributed by atoms with Crippen molar-refractivity contribution in [2.45, 2.75) is 77.5 Å². The van der Waals surface area contributed by atoms with Crippen molar-refractivity contribution in [1.29, 1.82) is 0 Å². The summed E-state index contributed by atoms with van der Waals surface area (Å²) in [7, 11) is 0. The Balaban J connectivity index is 1.53. The highest BCUT2D eigenvalue weighted by atomic mass is 16.5. The minimum absolute atomic E-state index is 0.121. The summed E-state index contributed by atoms with van der Waals surface area (Å²) in [4.78, 5) is 32.3. The number of hydrogen-bond donors (Lipinski definition) is 2. The van der Waals surface area contributed by atoms with E-state index < -0.39 is 24.2 Å². The highest BCUT2D eigenvalue weighted by Crippen LogP contribution is 2.32. The van der Waals surface area contributed by atoms with Crippen LogP contribution in [0.4, 0.5) is 0 Å². The zero-order chi connectivity index (χ0) is 27.3. The van der Waals surface area contributed by atoms with E-state index in [0.717, 1.165) is 48.4 Å². The Hall–Kier alpha value is -2.97. The van der Waals surface area contributed by atoms with Crippen molar-refractivity contribution in [3.05, 3.63) is 42.1 Å². The summed E-state index contributed by atoms with van der Waals surface area (Å²) in [6, 6.07) is 6.67. The number of benzene rings is 1. The van der Waals surface area contributed by atoms with Crippen molar-refractivity contribution in [1.82, 2.24) is 9.88 Å². The van der Waals surface area contributed by atoms with Crippen molar-refractivity contribution in [3.8, 4) is 5.88 Å². The second-order valence-electron chi connectivity index (χ2n) is 11.3. The lowest BCUT2D eigenvalue weighted by Gasteiger charge is -2.28.